The van der Waals surface area contributed by atoms with Crippen LogP contribution in [-0.4, -0.2) is 86.2 Å². The fourth-order valence-electron chi connectivity index (χ4n) is 3.49. The van der Waals surface area contributed by atoms with Gasteiger partial charge in [-0.15, -0.1) is 34.9 Å². The molecule has 2 atom stereocenters. The predicted octanol–water partition coefficient (Wildman–Crippen LogP) is 1.35. The summed E-state index contributed by atoms with van der Waals surface area (Å²) >= 11 is 5.16. The number of pyridine rings is 1. The van der Waals surface area contributed by atoms with Crippen molar-refractivity contribution in [3.63, 3.8) is 0 Å². The number of nitrogens with zero attached hydrogens (tertiary/aromatic N) is 4. The Hall–Kier alpha value is -2.86. The van der Waals surface area contributed by atoms with Crippen molar-refractivity contribution in [2.24, 2.45) is 10.9 Å². The Kier molecular flexibility index (Phi) is 9.48. The zero-order chi connectivity index (χ0) is 27.2. The number of anilines is 1. The number of carboxylic acids is 1. The van der Waals surface area contributed by atoms with E-state index in [0.717, 1.165) is 21.1 Å². The van der Waals surface area contributed by atoms with E-state index in [2.05, 4.69) is 20.4 Å². The molecule has 0 radical (unpaired) electrons. The average molecular weight is 600 g/mol. The van der Waals surface area contributed by atoms with Crippen LogP contribution in [-0.2, 0) is 19.2 Å². The second-order valence-electron chi connectivity index (χ2n) is 7.53. The van der Waals surface area contributed by atoms with Gasteiger partial charge in [0.05, 0.1) is 0 Å². The van der Waals surface area contributed by atoms with Gasteiger partial charge in [0.25, 0.3) is 11.8 Å². The number of hydrogen-bond acceptors (Lipinski definition) is 13. The first-order valence-electron chi connectivity index (χ1n) is 11.0. The molecule has 0 unspecified atom stereocenters. The van der Waals surface area contributed by atoms with Gasteiger partial charge in [-0.05, 0) is 6.07 Å². The Morgan fingerprint density at radius 2 is 2.21 bits per heavy atom. The van der Waals surface area contributed by atoms with Gasteiger partial charge in [0, 0.05) is 50.5 Å². The molecule has 2 aromatic heterocycles. The average Bonchev–Trinajstić information content (AvgIpc) is 3.34. The lowest BCUT2D eigenvalue weighted by Crippen LogP contribution is -2.71. The van der Waals surface area contributed by atoms with Gasteiger partial charge in [-0.1, -0.05) is 16.9 Å². The molecule has 202 valence electrons. The number of thioether (sulfide) groups is 3. The van der Waals surface area contributed by atoms with Crippen molar-refractivity contribution >= 4 is 75.2 Å². The number of oxime groups is 1. The highest BCUT2D eigenvalue weighted by Gasteiger charge is 2.54. The number of thiazole rings is 1. The third-order valence-electron chi connectivity index (χ3n) is 5.08. The minimum atomic E-state index is -1.25. The van der Waals surface area contributed by atoms with Crippen molar-refractivity contribution in [1.29, 1.82) is 0 Å². The lowest BCUT2D eigenvalue weighted by molar-refractivity contribution is -0.150. The summed E-state index contributed by atoms with van der Waals surface area (Å²) in [4.78, 5) is 54.6. The van der Waals surface area contributed by atoms with Crippen LogP contribution in [0, 0.1) is 0 Å². The first-order chi connectivity index (χ1) is 18.3. The summed E-state index contributed by atoms with van der Waals surface area (Å²) in [5.74, 6) is -1.64. The van der Waals surface area contributed by atoms with E-state index in [9.17, 15) is 23.9 Å². The number of aliphatic carboxylic acids is 1. The third-order valence-corrected chi connectivity index (χ3v) is 9.58. The molecular weight excluding hydrogens is 578 g/mol. The molecule has 0 aliphatic carbocycles. The molecule has 1 fully saturated rings. The number of fused-ring (bicyclic) bond motifs is 1. The predicted molar refractivity (Wildman–Crippen MR) is 145 cm³/mol. The van der Waals surface area contributed by atoms with Crippen LogP contribution in [0.15, 0.2) is 49.4 Å². The number of nitrogens with two attached hydrogens (primary N) is 2. The van der Waals surface area contributed by atoms with E-state index in [0.29, 0.717) is 23.0 Å². The van der Waals surface area contributed by atoms with E-state index in [-0.39, 0.29) is 28.8 Å². The maximum absolute atomic E-state index is 13.1. The van der Waals surface area contributed by atoms with Gasteiger partial charge in [0.2, 0.25) is 0 Å². The molecule has 38 heavy (non-hydrogen) atoms. The van der Waals surface area contributed by atoms with Crippen molar-refractivity contribution < 1.29 is 28.7 Å². The summed E-state index contributed by atoms with van der Waals surface area (Å²) in [5, 5.41) is 17.2. The van der Waals surface area contributed by atoms with Crippen LogP contribution in [0.1, 0.15) is 5.69 Å². The van der Waals surface area contributed by atoms with Gasteiger partial charge >= 0.3 is 5.97 Å². The summed E-state index contributed by atoms with van der Waals surface area (Å²) < 4.78 is 12.5. The number of carbonyl (C=O) groups excluding carboxylic acids is 2. The van der Waals surface area contributed by atoms with Crippen molar-refractivity contribution in [1.82, 2.24) is 20.2 Å². The van der Waals surface area contributed by atoms with E-state index in [1.54, 1.807) is 18.5 Å². The van der Waals surface area contributed by atoms with E-state index >= 15 is 0 Å². The Morgan fingerprint density at radius 1 is 1.39 bits per heavy atom. The minimum absolute atomic E-state index is 0.106. The molecule has 2 amide bonds. The SMILES string of the molecule is NCCSc1cnccc1SC1=C(C(=O)O)N2C(=O)[C@@H](NC(=O)/C(=N\OCCF)c3csc(N)n3)[C@@H]2SC1. The molecule has 12 nitrogen and oxygen atoms in total. The van der Waals surface area contributed by atoms with Gasteiger partial charge in [-0.3, -0.25) is 19.5 Å². The Bertz CT molecular complexity index is 1290. The van der Waals surface area contributed by atoms with E-state index in [4.69, 9.17) is 16.3 Å². The van der Waals surface area contributed by atoms with E-state index in [1.165, 1.54) is 45.6 Å². The first kappa shape index (κ1) is 28.2. The van der Waals surface area contributed by atoms with Crippen LogP contribution in [0.5, 0.6) is 0 Å². The van der Waals surface area contributed by atoms with Gasteiger partial charge < -0.3 is 26.7 Å². The van der Waals surface area contributed by atoms with Gasteiger partial charge in [0.1, 0.15) is 36.1 Å². The number of rotatable bonds is 12. The molecular formula is C21H22FN7O5S4. The van der Waals surface area contributed by atoms with Crippen LogP contribution in [0.2, 0.25) is 0 Å². The second-order valence-corrected chi connectivity index (χ2v) is 11.8. The zero-order valence-electron chi connectivity index (χ0n) is 19.5. The normalized spacial score (nSPS) is 19.2. The largest absolute Gasteiger partial charge is 0.477 e. The number of carboxylic acid groups (broad SMARTS) is 1. The Balaban J connectivity index is 1.53. The third kappa shape index (κ3) is 6.06. The number of hydrogen-bond donors (Lipinski definition) is 4. The summed E-state index contributed by atoms with van der Waals surface area (Å²) in [5.41, 5.74) is 11.0. The van der Waals surface area contributed by atoms with E-state index in [1.807, 2.05) is 0 Å². The molecule has 2 aliphatic heterocycles. The molecule has 4 heterocycles. The molecule has 0 spiro atoms. The molecule has 17 heteroatoms. The molecule has 0 bridgehead atoms. The quantitative estimate of drug-likeness (QED) is 0.0903. The summed E-state index contributed by atoms with van der Waals surface area (Å²) in [6, 6.07) is 0.775. The number of halogens is 1. The number of amides is 2. The molecule has 2 aliphatic rings. The van der Waals surface area contributed by atoms with Crippen LogP contribution < -0.4 is 16.8 Å². The van der Waals surface area contributed by atoms with Crippen molar-refractivity contribution in [2.75, 3.05) is 37.1 Å². The number of carbonyl (C=O) groups is 3. The van der Waals surface area contributed by atoms with Crippen molar-refractivity contribution in [3.05, 3.63) is 40.1 Å². The minimum Gasteiger partial charge on any atom is -0.477 e. The summed E-state index contributed by atoms with van der Waals surface area (Å²) in [6.45, 7) is -0.713. The highest BCUT2D eigenvalue weighted by molar-refractivity contribution is 8.07. The topological polar surface area (TPSA) is 186 Å². The Morgan fingerprint density at radius 3 is 2.89 bits per heavy atom. The highest BCUT2D eigenvalue weighted by Crippen LogP contribution is 2.46. The molecule has 0 saturated carbocycles. The fraction of sp³-hybridized carbons (Fsp3) is 0.333. The Labute approximate surface area is 232 Å². The van der Waals surface area contributed by atoms with Crippen LogP contribution >= 0.6 is 46.6 Å². The molecule has 6 N–H and O–H groups in total. The fourth-order valence-corrected chi connectivity index (χ4v) is 7.48. The van der Waals surface area contributed by atoms with Crippen LogP contribution in [0.3, 0.4) is 0 Å². The van der Waals surface area contributed by atoms with Gasteiger partial charge in [-0.25, -0.2) is 14.2 Å². The number of nitrogen functional groups attached to an aromatic ring is 1. The maximum Gasteiger partial charge on any atom is 0.353 e. The second kappa shape index (κ2) is 12.8. The zero-order valence-corrected chi connectivity index (χ0v) is 22.8. The lowest BCUT2D eigenvalue weighted by Gasteiger charge is -2.49. The van der Waals surface area contributed by atoms with Crippen molar-refractivity contribution in [2.45, 2.75) is 21.2 Å². The maximum atomic E-state index is 13.1. The summed E-state index contributed by atoms with van der Waals surface area (Å²) in [7, 11) is 0. The number of β-lactam (4-membered cyclic amide) rings is 1. The summed E-state index contributed by atoms with van der Waals surface area (Å²) in [6.07, 6.45) is 3.30. The molecule has 2 aromatic rings. The molecule has 0 aromatic carbocycles. The number of aromatic nitrogens is 2. The first-order valence-corrected chi connectivity index (χ1v) is 14.7. The monoisotopic (exact) mass is 599 g/mol. The molecule has 1 saturated heterocycles. The smallest absolute Gasteiger partial charge is 0.353 e. The molecule has 4 rings (SSSR count). The standard InChI is InChI=1S/C21H22FN7O5S4/c22-2-5-34-28-14(10-8-37-21(24)26-10)17(30)27-15-18(31)29-16(20(32)33)13(9-36-19(15)29)38-11-1-4-25-7-12(11)35-6-3-23/h1,4,7-8,15,19H,2-3,5-6,9,23H2,(H2,24,26)(H,27,30)(H,32,33)/b28-14-/t15-,19+/m1/s1. The van der Waals surface area contributed by atoms with Crippen LogP contribution in [0.4, 0.5) is 9.52 Å². The van der Waals surface area contributed by atoms with Gasteiger partial charge in [0.15, 0.2) is 10.8 Å². The van der Waals surface area contributed by atoms with Gasteiger partial charge in [-0.2, -0.15) is 0 Å². The van der Waals surface area contributed by atoms with E-state index < -0.39 is 35.9 Å². The number of nitrogens with one attached hydrogen (secondary N) is 1. The lowest BCUT2D eigenvalue weighted by atomic mass is 10.0. The van der Waals surface area contributed by atoms with Crippen molar-refractivity contribution in [3.8, 4) is 0 Å². The highest BCUT2D eigenvalue weighted by atomic mass is 32.2. The van der Waals surface area contributed by atoms with Crippen LogP contribution in [0.25, 0.3) is 0 Å². The number of alkyl halides is 1.